The molecule has 1 N–H and O–H groups in total. The maximum absolute atomic E-state index is 12.3. The van der Waals surface area contributed by atoms with Crippen LogP contribution in [0.3, 0.4) is 0 Å². The zero-order chi connectivity index (χ0) is 18.8. The number of rotatable bonds is 4. The number of amides is 1. The minimum absolute atomic E-state index is 0.290. The molecule has 27 heavy (non-hydrogen) atoms. The SMILES string of the molecule is Cn1nc(-c2cccs2)cc1-c1ccc(NC(=O)c2ccccc2Cl)nc1. The molecule has 4 aromatic rings. The molecule has 7 heteroatoms. The van der Waals surface area contributed by atoms with Crippen molar-refractivity contribution in [1.82, 2.24) is 14.8 Å². The topological polar surface area (TPSA) is 59.8 Å². The fourth-order valence-corrected chi connectivity index (χ4v) is 3.63. The van der Waals surface area contributed by atoms with Gasteiger partial charge in [0.15, 0.2) is 0 Å². The number of hydrogen-bond acceptors (Lipinski definition) is 4. The normalized spacial score (nSPS) is 10.7. The number of thiophene rings is 1. The molecule has 1 amide bonds. The average Bonchev–Trinajstić information content (AvgIpc) is 3.32. The predicted octanol–water partition coefficient (Wildman–Crippen LogP) is 5.12. The van der Waals surface area contributed by atoms with Crippen LogP contribution >= 0.6 is 22.9 Å². The largest absolute Gasteiger partial charge is 0.307 e. The molecule has 0 unspecified atom stereocenters. The van der Waals surface area contributed by atoms with Gasteiger partial charge < -0.3 is 5.32 Å². The maximum atomic E-state index is 12.3. The highest BCUT2D eigenvalue weighted by atomic mass is 35.5. The first-order valence-corrected chi connectivity index (χ1v) is 9.48. The third-order valence-electron chi connectivity index (χ3n) is 4.07. The Morgan fingerprint density at radius 1 is 1.15 bits per heavy atom. The van der Waals surface area contributed by atoms with Crippen LogP contribution in [-0.4, -0.2) is 20.7 Å². The van der Waals surface area contributed by atoms with Crippen LogP contribution in [0.1, 0.15) is 10.4 Å². The van der Waals surface area contributed by atoms with Crippen molar-refractivity contribution >= 4 is 34.7 Å². The van der Waals surface area contributed by atoms with Gasteiger partial charge in [-0.3, -0.25) is 9.48 Å². The second-order valence-electron chi connectivity index (χ2n) is 5.88. The van der Waals surface area contributed by atoms with Crippen LogP contribution in [0, 0.1) is 0 Å². The summed E-state index contributed by atoms with van der Waals surface area (Å²) in [6.07, 6.45) is 1.72. The van der Waals surface area contributed by atoms with Crippen molar-refractivity contribution in [1.29, 1.82) is 0 Å². The molecule has 0 spiro atoms. The summed E-state index contributed by atoms with van der Waals surface area (Å²) in [5.74, 6) is 0.172. The lowest BCUT2D eigenvalue weighted by atomic mass is 10.2. The first-order chi connectivity index (χ1) is 13.1. The number of aromatic nitrogens is 3. The smallest absolute Gasteiger partial charge is 0.258 e. The molecule has 0 atom stereocenters. The summed E-state index contributed by atoms with van der Waals surface area (Å²) in [7, 11) is 1.90. The Kier molecular flexibility index (Phi) is 4.75. The van der Waals surface area contributed by atoms with Crippen molar-refractivity contribution in [2.45, 2.75) is 0 Å². The average molecular weight is 395 g/mol. The molecule has 0 bridgehead atoms. The van der Waals surface area contributed by atoms with E-state index in [1.807, 2.05) is 41.4 Å². The monoisotopic (exact) mass is 394 g/mol. The fourth-order valence-electron chi connectivity index (χ4n) is 2.73. The Bertz CT molecular complexity index is 1090. The lowest BCUT2D eigenvalue weighted by Gasteiger charge is -2.07. The number of carbonyl (C=O) groups is 1. The van der Waals surface area contributed by atoms with Crippen LogP contribution in [0.4, 0.5) is 5.82 Å². The molecule has 134 valence electrons. The van der Waals surface area contributed by atoms with E-state index in [0.717, 1.165) is 21.8 Å². The van der Waals surface area contributed by atoms with Crippen molar-refractivity contribution in [3.05, 3.63) is 76.8 Å². The molecule has 5 nitrogen and oxygen atoms in total. The molecule has 0 fully saturated rings. The van der Waals surface area contributed by atoms with E-state index in [9.17, 15) is 4.79 Å². The van der Waals surface area contributed by atoms with Crippen LogP contribution in [-0.2, 0) is 7.05 Å². The van der Waals surface area contributed by atoms with Gasteiger partial charge in [0.25, 0.3) is 5.91 Å². The van der Waals surface area contributed by atoms with Crippen LogP contribution in [0.15, 0.2) is 66.2 Å². The molecular formula is C20H15ClN4OS. The molecule has 0 radical (unpaired) electrons. The van der Waals surface area contributed by atoms with E-state index >= 15 is 0 Å². The van der Waals surface area contributed by atoms with Gasteiger partial charge in [0.2, 0.25) is 0 Å². The molecule has 0 aliphatic rings. The van der Waals surface area contributed by atoms with E-state index in [1.165, 1.54) is 0 Å². The molecule has 4 rings (SSSR count). The van der Waals surface area contributed by atoms with Gasteiger partial charge in [0.1, 0.15) is 11.5 Å². The van der Waals surface area contributed by atoms with E-state index in [1.54, 1.807) is 47.9 Å². The Hall–Kier alpha value is -2.96. The molecule has 0 saturated heterocycles. The number of benzene rings is 1. The minimum Gasteiger partial charge on any atom is -0.307 e. The standard InChI is InChI=1S/C20H15ClN4OS/c1-25-17(11-16(24-25)18-7-4-10-27-18)13-8-9-19(22-12-13)23-20(26)14-5-2-3-6-15(14)21/h2-12H,1H3,(H,22,23,26). The first-order valence-electron chi connectivity index (χ1n) is 8.22. The van der Waals surface area contributed by atoms with Crippen molar-refractivity contribution in [2.24, 2.45) is 7.05 Å². The first kappa shape index (κ1) is 17.5. The number of hydrogen-bond donors (Lipinski definition) is 1. The Morgan fingerprint density at radius 2 is 2.00 bits per heavy atom. The van der Waals surface area contributed by atoms with E-state index in [2.05, 4.69) is 15.4 Å². The van der Waals surface area contributed by atoms with E-state index in [4.69, 9.17) is 11.6 Å². The van der Waals surface area contributed by atoms with E-state index < -0.39 is 0 Å². The molecule has 3 aromatic heterocycles. The van der Waals surface area contributed by atoms with Crippen molar-refractivity contribution in [2.75, 3.05) is 5.32 Å². The highest BCUT2D eigenvalue weighted by Crippen LogP contribution is 2.28. The number of halogens is 1. The summed E-state index contributed by atoms with van der Waals surface area (Å²) in [4.78, 5) is 17.8. The summed E-state index contributed by atoms with van der Waals surface area (Å²) < 4.78 is 1.83. The van der Waals surface area contributed by atoms with Gasteiger partial charge in [-0.05, 0) is 41.8 Å². The van der Waals surface area contributed by atoms with Gasteiger partial charge in [-0.25, -0.2) is 4.98 Å². The third-order valence-corrected chi connectivity index (χ3v) is 5.29. The summed E-state index contributed by atoms with van der Waals surface area (Å²) in [6.45, 7) is 0. The van der Waals surface area contributed by atoms with Crippen LogP contribution < -0.4 is 5.32 Å². The van der Waals surface area contributed by atoms with Gasteiger partial charge in [0.05, 0.1) is 21.2 Å². The Balaban J connectivity index is 1.55. The van der Waals surface area contributed by atoms with Crippen molar-refractivity contribution in [3.63, 3.8) is 0 Å². The number of carbonyl (C=O) groups excluding carboxylic acids is 1. The molecule has 1 aromatic carbocycles. The second kappa shape index (κ2) is 7.34. The minimum atomic E-state index is -0.290. The van der Waals surface area contributed by atoms with Crippen molar-refractivity contribution < 1.29 is 4.79 Å². The fraction of sp³-hybridized carbons (Fsp3) is 0.0500. The van der Waals surface area contributed by atoms with Crippen LogP contribution in [0.5, 0.6) is 0 Å². The lowest BCUT2D eigenvalue weighted by Crippen LogP contribution is -2.13. The summed E-state index contributed by atoms with van der Waals surface area (Å²) in [5, 5.41) is 9.76. The van der Waals surface area contributed by atoms with Gasteiger partial charge in [-0.2, -0.15) is 5.10 Å². The number of pyridine rings is 1. The molecule has 3 heterocycles. The number of nitrogens with one attached hydrogen (secondary N) is 1. The van der Waals surface area contributed by atoms with Crippen LogP contribution in [0.25, 0.3) is 21.8 Å². The van der Waals surface area contributed by atoms with E-state index in [0.29, 0.717) is 16.4 Å². The molecular weight excluding hydrogens is 380 g/mol. The second-order valence-corrected chi connectivity index (χ2v) is 7.24. The number of nitrogens with zero attached hydrogens (tertiary/aromatic N) is 3. The number of anilines is 1. The van der Waals surface area contributed by atoms with Crippen molar-refractivity contribution in [3.8, 4) is 21.8 Å². The quantitative estimate of drug-likeness (QED) is 0.522. The van der Waals surface area contributed by atoms with Gasteiger partial charge in [0, 0.05) is 18.8 Å². The van der Waals surface area contributed by atoms with Gasteiger partial charge >= 0.3 is 0 Å². The molecule has 0 saturated carbocycles. The highest BCUT2D eigenvalue weighted by Gasteiger charge is 2.12. The third kappa shape index (κ3) is 3.63. The molecule has 0 aliphatic heterocycles. The summed E-state index contributed by atoms with van der Waals surface area (Å²) in [5.41, 5.74) is 3.22. The summed E-state index contributed by atoms with van der Waals surface area (Å²) >= 11 is 7.71. The predicted molar refractivity (Wildman–Crippen MR) is 109 cm³/mol. The van der Waals surface area contributed by atoms with E-state index in [-0.39, 0.29) is 5.91 Å². The van der Waals surface area contributed by atoms with Gasteiger partial charge in [-0.15, -0.1) is 11.3 Å². The highest BCUT2D eigenvalue weighted by molar-refractivity contribution is 7.13. The Morgan fingerprint density at radius 3 is 2.70 bits per heavy atom. The lowest BCUT2D eigenvalue weighted by molar-refractivity contribution is 0.102. The van der Waals surface area contributed by atoms with Gasteiger partial charge in [-0.1, -0.05) is 29.8 Å². The molecule has 0 aliphatic carbocycles. The number of aryl methyl sites for hydroxylation is 1. The summed E-state index contributed by atoms with van der Waals surface area (Å²) in [6, 6.07) is 16.7. The van der Waals surface area contributed by atoms with Crippen LogP contribution in [0.2, 0.25) is 5.02 Å². The zero-order valence-corrected chi connectivity index (χ0v) is 16.0. The maximum Gasteiger partial charge on any atom is 0.258 e. The zero-order valence-electron chi connectivity index (χ0n) is 14.4. The Labute approximate surface area is 165 Å².